The Bertz CT molecular complexity index is 981. The summed E-state index contributed by atoms with van der Waals surface area (Å²) in [6, 6.07) is 17.6. The lowest BCUT2D eigenvalue weighted by molar-refractivity contribution is 0.0756. The van der Waals surface area contributed by atoms with Crippen molar-refractivity contribution in [1.82, 2.24) is 15.1 Å². The predicted octanol–water partition coefficient (Wildman–Crippen LogP) is 3.33. The number of H-pyrrole nitrogens is 1. The quantitative estimate of drug-likeness (QED) is 0.773. The van der Waals surface area contributed by atoms with Crippen molar-refractivity contribution in [2.24, 2.45) is 0 Å². The van der Waals surface area contributed by atoms with Crippen LogP contribution in [0, 0.1) is 0 Å². The molecule has 1 aliphatic heterocycles. The molecule has 0 saturated carbocycles. The number of carbonyl (C=O) groups is 1. The van der Waals surface area contributed by atoms with E-state index < -0.39 is 0 Å². The Morgan fingerprint density at radius 1 is 0.962 bits per heavy atom. The maximum atomic E-state index is 13.1. The van der Waals surface area contributed by atoms with Gasteiger partial charge in [-0.3, -0.25) is 9.59 Å². The summed E-state index contributed by atoms with van der Waals surface area (Å²) in [4.78, 5) is 26.9. The number of hydrogen-bond acceptors (Lipinski definition) is 3. The molecular formula is C21H21N3O2. The molecule has 0 unspecified atom stereocenters. The molecule has 132 valence electrons. The lowest BCUT2D eigenvalue weighted by atomic mass is 9.92. The van der Waals surface area contributed by atoms with Gasteiger partial charge in [-0.25, -0.2) is 5.10 Å². The Morgan fingerprint density at radius 2 is 1.69 bits per heavy atom. The first-order valence-corrected chi connectivity index (χ1v) is 9.05. The van der Waals surface area contributed by atoms with E-state index in [1.807, 2.05) is 17.0 Å². The number of rotatable bonds is 2. The van der Waals surface area contributed by atoms with E-state index in [0.29, 0.717) is 28.9 Å². The third-order valence-electron chi connectivity index (χ3n) is 5.18. The van der Waals surface area contributed by atoms with Crippen molar-refractivity contribution in [1.29, 1.82) is 0 Å². The lowest BCUT2D eigenvalue weighted by Gasteiger charge is -2.20. The minimum atomic E-state index is -0.267. The van der Waals surface area contributed by atoms with E-state index in [2.05, 4.69) is 34.5 Å². The maximum Gasteiger partial charge on any atom is 0.274 e. The number of likely N-dealkylation sites (tertiary alicyclic amines) is 1. The Balaban J connectivity index is 1.58. The van der Waals surface area contributed by atoms with Crippen LogP contribution < -0.4 is 5.56 Å². The van der Waals surface area contributed by atoms with Crippen molar-refractivity contribution in [3.05, 3.63) is 76.2 Å². The molecule has 1 saturated heterocycles. The molecule has 2 heterocycles. The fourth-order valence-electron chi connectivity index (χ4n) is 3.79. The predicted molar refractivity (Wildman–Crippen MR) is 101 cm³/mol. The number of nitrogens with zero attached hydrogens (tertiary/aromatic N) is 2. The number of aromatic amines is 1. The smallest absolute Gasteiger partial charge is 0.274 e. The number of fused-ring (bicyclic) bond motifs is 1. The van der Waals surface area contributed by atoms with E-state index in [9.17, 15) is 9.59 Å². The lowest BCUT2D eigenvalue weighted by Crippen LogP contribution is -2.33. The molecule has 1 aliphatic rings. The van der Waals surface area contributed by atoms with Crippen LogP contribution in [0.4, 0.5) is 0 Å². The summed E-state index contributed by atoms with van der Waals surface area (Å²) < 4.78 is 0. The van der Waals surface area contributed by atoms with Gasteiger partial charge >= 0.3 is 0 Å². The van der Waals surface area contributed by atoms with E-state index in [-0.39, 0.29) is 11.5 Å². The molecule has 2 aromatic carbocycles. The first-order valence-electron chi connectivity index (χ1n) is 9.05. The molecule has 1 fully saturated rings. The third kappa shape index (κ3) is 3.12. The summed E-state index contributed by atoms with van der Waals surface area (Å²) >= 11 is 0. The van der Waals surface area contributed by atoms with Crippen molar-refractivity contribution < 1.29 is 4.79 Å². The average Bonchev–Trinajstić information content (AvgIpc) is 2.95. The van der Waals surface area contributed by atoms with E-state index in [1.54, 1.807) is 18.2 Å². The molecule has 0 bridgehead atoms. The molecular weight excluding hydrogens is 326 g/mol. The van der Waals surface area contributed by atoms with Crippen LogP contribution in [0.5, 0.6) is 0 Å². The van der Waals surface area contributed by atoms with Crippen LogP contribution in [0.1, 0.15) is 41.2 Å². The monoisotopic (exact) mass is 347 g/mol. The molecule has 26 heavy (non-hydrogen) atoms. The molecule has 3 aromatic rings. The summed E-state index contributed by atoms with van der Waals surface area (Å²) in [5.74, 6) is 0.375. The number of nitrogens with one attached hydrogen (secondary N) is 1. The Hall–Kier alpha value is -2.95. The Morgan fingerprint density at radius 3 is 2.50 bits per heavy atom. The summed E-state index contributed by atoms with van der Waals surface area (Å²) in [7, 11) is 0. The standard InChI is InChI=1S/C21H21N3O2/c25-20-18-11-5-4-10-17(18)19(22-23-20)21(26)24-13-6-9-16(12-14-24)15-7-2-1-3-8-15/h1-5,7-8,10-11,16H,6,9,12-14H2,(H,23,25)/t16-/m1/s1. The van der Waals surface area contributed by atoms with Crippen molar-refractivity contribution in [3.8, 4) is 0 Å². The minimum absolute atomic E-state index is 0.105. The van der Waals surface area contributed by atoms with Gasteiger partial charge in [0, 0.05) is 18.5 Å². The molecule has 0 aliphatic carbocycles. The highest BCUT2D eigenvalue weighted by Gasteiger charge is 2.24. The van der Waals surface area contributed by atoms with Crippen LogP contribution in [0.2, 0.25) is 0 Å². The second kappa shape index (κ2) is 7.12. The van der Waals surface area contributed by atoms with Gasteiger partial charge in [0.25, 0.3) is 11.5 Å². The number of amides is 1. The van der Waals surface area contributed by atoms with Crippen LogP contribution in [-0.4, -0.2) is 34.1 Å². The maximum absolute atomic E-state index is 13.1. The van der Waals surface area contributed by atoms with Gasteiger partial charge in [0.15, 0.2) is 5.69 Å². The number of benzene rings is 2. The second-order valence-electron chi connectivity index (χ2n) is 6.78. The first kappa shape index (κ1) is 16.5. The van der Waals surface area contributed by atoms with Crippen LogP contribution in [0.3, 0.4) is 0 Å². The van der Waals surface area contributed by atoms with Gasteiger partial charge in [0.05, 0.1) is 5.39 Å². The second-order valence-corrected chi connectivity index (χ2v) is 6.78. The highest BCUT2D eigenvalue weighted by atomic mass is 16.2. The molecule has 1 N–H and O–H groups in total. The van der Waals surface area contributed by atoms with Gasteiger partial charge in [0.2, 0.25) is 0 Å². The van der Waals surface area contributed by atoms with E-state index in [0.717, 1.165) is 25.8 Å². The van der Waals surface area contributed by atoms with Crippen LogP contribution in [0.25, 0.3) is 10.8 Å². The fourth-order valence-corrected chi connectivity index (χ4v) is 3.79. The third-order valence-corrected chi connectivity index (χ3v) is 5.18. The molecule has 1 aromatic heterocycles. The van der Waals surface area contributed by atoms with Crippen LogP contribution in [0.15, 0.2) is 59.4 Å². The van der Waals surface area contributed by atoms with Crippen molar-refractivity contribution in [2.45, 2.75) is 25.2 Å². The van der Waals surface area contributed by atoms with Crippen LogP contribution >= 0.6 is 0 Å². The zero-order valence-corrected chi connectivity index (χ0v) is 14.5. The Kier molecular flexibility index (Phi) is 4.52. The van der Waals surface area contributed by atoms with Gasteiger partial charge in [-0.2, -0.15) is 5.10 Å². The minimum Gasteiger partial charge on any atom is -0.337 e. The number of aromatic nitrogens is 2. The molecule has 4 rings (SSSR count). The van der Waals surface area contributed by atoms with Crippen LogP contribution in [-0.2, 0) is 0 Å². The number of hydrogen-bond donors (Lipinski definition) is 1. The largest absolute Gasteiger partial charge is 0.337 e. The van der Waals surface area contributed by atoms with Crippen molar-refractivity contribution in [3.63, 3.8) is 0 Å². The highest BCUT2D eigenvalue weighted by molar-refractivity contribution is 6.04. The molecule has 5 nitrogen and oxygen atoms in total. The Labute approximate surface area is 151 Å². The van der Waals surface area contributed by atoms with Gasteiger partial charge in [-0.15, -0.1) is 0 Å². The zero-order chi connectivity index (χ0) is 17.9. The van der Waals surface area contributed by atoms with E-state index >= 15 is 0 Å². The summed E-state index contributed by atoms with van der Waals surface area (Å²) in [6.45, 7) is 1.42. The number of carbonyl (C=O) groups excluding carboxylic acids is 1. The van der Waals surface area contributed by atoms with Gasteiger partial charge in [-0.1, -0.05) is 48.5 Å². The van der Waals surface area contributed by atoms with Crippen molar-refractivity contribution >= 4 is 16.7 Å². The molecule has 0 spiro atoms. The summed E-state index contributed by atoms with van der Waals surface area (Å²) in [5, 5.41) is 7.64. The summed E-state index contributed by atoms with van der Waals surface area (Å²) in [6.07, 6.45) is 2.98. The van der Waals surface area contributed by atoms with E-state index in [1.165, 1.54) is 5.56 Å². The topological polar surface area (TPSA) is 66.1 Å². The van der Waals surface area contributed by atoms with Gasteiger partial charge in [0.1, 0.15) is 0 Å². The molecule has 5 heteroatoms. The zero-order valence-electron chi connectivity index (χ0n) is 14.5. The van der Waals surface area contributed by atoms with Crippen molar-refractivity contribution in [2.75, 3.05) is 13.1 Å². The first-order chi connectivity index (χ1) is 12.7. The van der Waals surface area contributed by atoms with Gasteiger partial charge in [-0.05, 0) is 36.8 Å². The normalized spacial score (nSPS) is 17.8. The average molecular weight is 347 g/mol. The fraction of sp³-hybridized carbons (Fsp3) is 0.286. The highest BCUT2D eigenvalue weighted by Crippen LogP contribution is 2.28. The SMILES string of the molecule is O=C(c1n[nH]c(=O)c2ccccc12)N1CCC[C@@H](c2ccccc2)CC1. The molecule has 1 atom stereocenters. The van der Waals surface area contributed by atoms with E-state index in [4.69, 9.17) is 0 Å². The summed E-state index contributed by atoms with van der Waals surface area (Å²) in [5.41, 5.74) is 1.41. The van der Waals surface area contributed by atoms with Gasteiger partial charge < -0.3 is 4.90 Å². The molecule has 1 amide bonds. The molecule has 0 radical (unpaired) electrons.